The summed E-state index contributed by atoms with van der Waals surface area (Å²) < 4.78 is 5.02. The smallest absolute Gasteiger partial charge is 0.135 e. The molecule has 1 aliphatic rings. The normalized spacial score (nSPS) is 31.5. The van der Waals surface area contributed by atoms with Crippen LogP contribution in [0.4, 0.5) is 0 Å². The largest absolute Gasteiger partial charge is 0.380 e. The van der Waals surface area contributed by atoms with E-state index >= 15 is 0 Å². The lowest BCUT2D eigenvalue weighted by atomic mass is 9.87. The molecule has 1 saturated carbocycles. The lowest BCUT2D eigenvalue weighted by Gasteiger charge is -2.23. The third kappa shape index (κ3) is 1.78. The quantitative estimate of drug-likeness (QED) is 0.562. The number of rotatable bonds is 1. The molecule has 60 valence electrons. The fourth-order valence-electron chi connectivity index (χ4n) is 1.37. The van der Waals surface area contributed by atoms with Crippen molar-refractivity contribution in [3.05, 3.63) is 0 Å². The van der Waals surface area contributed by atoms with Crippen molar-refractivity contribution in [3.8, 4) is 6.07 Å². The number of hydrogen-bond acceptors (Lipinski definition) is 3. The number of hydrogen-bond donors (Lipinski definition) is 0. The standard InChI is InChI=1S/C8H11NO2/c1-11-8-4-7(10)3-2-6(8)5-9/h6,8H,2-4H2,1H3/t6-,8+/m1/s1. The Morgan fingerprint density at radius 1 is 1.73 bits per heavy atom. The SMILES string of the molecule is CO[C@H]1CC(=O)CC[C@@H]1C#N. The second kappa shape index (κ2) is 3.49. The molecular weight excluding hydrogens is 142 g/mol. The van der Waals surface area contributed by atoms with Crippen molar-refractivity contribution in [3.63, 3.8) is 0 Å². The van der Waals surface area contributed by atoms with Gasteiger partial charge in [0.15, 0.2) is 0 Å². The molecule has 0 aromatic carbocycles. The Labute approximate surface area is 66.0 Å². The Hall–Kier alpha value is -0.880. The molecule has 0 aromatic heterocycles. The first-order chi connectivity index (χ1) is 5.27. The van der Waals surface area contributed by atoms with Gasteiger partial charge in [-0.3, -0.25) is 4.79 Å². The van der Waals surface area contributed by atoms with E-state index in [1.54, 1.807) is 7.11 Å². The van der Waals surface area contributed by atoms with Crippen LogP contribution in [0.25, 0.3) is 0 Å². The number of methoxy groups -OCH3 is 1. The number of ether oxygens (including phenoxy) is 1. The number of carbonyl (C=O) groups excluding carboxylic acids is 1. The third-order valence-electron chi connectivity index (χ3n) is 2.08. The molecule has 11 heavy (non-hydrogen) atoms. The Balaban J connectivity index is 2.56. The highest BCUT2D eigenvalue weighted by Crippen LogP contribution is 2.23. The van der Waals surface area contributed by atoms with Crippen LogP contribution in [0.15, 0.2) is 0 Å². The highest BCUT2D eigenvalue weighted by molar-refractivity contribution is 5.79. The van der Waals surface area contributed by atoms with E-state index in [2.05, 4.69) is 6.07 Å². The molecule has 0 aromatic rings. The molecule has 1 rings (SSSR count). The molecule has 1 aliphatic carbocycles. The number of ketones is 1. The van der Waals surface area contributed by atoms with Crippen molar-refractivity contribution in [1.82, 2.24) is 0 Å². The van der Waals surface area contributed by atoms with Crippen LogP contribution in [0.1, 0.15) is 19.3 Å². The summed E-state index contributed by atoms with van der Waals surface area (Å²) in [5, 5.41) is 8.64. The Bertz CT molecular complexity index is 195. The second-order valence-corrected chi connectivity index (χ2v) is 2.79. The summed E-state index contributed by atoms with van der Waals surface area (Å²) >= 11 is 0. The zero-order valence-corrected chi connectivity index (χ0v) is 6.54. The fourth-order valence-corrected chi connectivity index (χ4v) is 1.37. The lowest BCUT2D eigenvalue weighted by Crippen LogP contribution is -2.30. The van der Waals surface area contributed by atoms with E-state index in [0.717, 1.165) is 0 Å². The van der Waals surface area contributed by atoms with E-state index in [1.807, 2.05) is 0 Å². The lowest BCUT2D eigenvalue weighted by molar-refractivity contribution is -0.124. The molecule has 1 fully saturated rings. The molecule has 0 N–H and O–H groups in total. The maximum Gasteiger partial charge on any atom is 0.135 e. The first-order valence-electron chi connectivity index (χ1n) is 3.72. The van der Waals surface area contributed by atoms with E-state index in [1.165, 1.54) is 0 Å². The molecule has 0 bridgehead atoms. The Morgan fingerprint density at radius 3 is 3.00 bits per heavy atom. The topological polar surface area (TPSA) is 50.1 Å². The van der Waals surface area contributed by atoms with E-state index in [-0.39, 0.29) is 17.8 Å². The first kappa shape index (κ1) is 8.22. The molecule has 0 spiro atoms. The molecule has 0 heterocycles. The summed E-state index contributed by atoms with van der Waals surface area (Å²) in [5.41, 5.74) is 0. The van der Waals surface area contributed by atoms with Crippen LogP contribution in [-0.4, -0.2) is 19.0 Å². The zero-order chi connectivity index (χ0) is 8.27. The molecule has 0 saturated heterocycles. The second-order valence-electron chi connectivity index (χ2n) is 2.79. The Morgan fingerprint density at radius 2 is 2.45 bits per heavy atom. The Kier molecular flexibility index (Phi) is 2.61. The van der Waals surface area contributed by atoms with Crippen LogP contribution >= 0.6 is 0 Å². The zero-order valence-electron chi connectivity index (χ0n) is 6.54. The van der Waals surface area contributed by atoms with Crippen molar-refractivity contribution in [2.45, 2.75) is 25.4 Å². The molecule has 3 heteroatoms. The predicted molar refractivity (Wildman–Crippen MR) is 38.8 cm³/mol. The van der Waals surface area contributed by atoms with Gasteiger partial charge in [-0.15, -0.1) is 0 Å². The highest BCUT2D eigenvalue weighted by atomic mass is 16.5. The van der Waals surface area contributed by atoms with E-state index in [9.17, 15) is 4.79 Å². The maximum absolute atomic E-state index is 10.9. The number of carbonyl (C=O) groups is 1. The van der Waals surface area contributed by atoms with Crippen molar-refractivity contribution in [2.75, 3.05) is 7.11 Å². The molecule has 2 atom stereocenters. The fraction of sp³-hybridized carbons (Fsp3) is 0.750. The molecule has 0 aliphatic heterocycles. The number of nitriles is 1. The van der Waals surface area contributed by atoms with Gasteiger partial charge in [-0.05, 0) is 6.42 Å². The average Bonchev–Trinajstić information content (AvgIpc) is 2.04. The van der Waals surface area contributed by atoms with Crippen LogP contribution in [-0.2, 0) is 9.53 Å². The van der Waals surface area contributed by atoms with Gasteiger partial charge in [-0.25, -0.2) is 0 Å². The maximum atomic E-state index is 10.9. The van der Waals surface area contributed by atoms with Crippen LogP contribution < -0.4 is 0 Å². The molecule has 3 nitrogen and oxygen atoms in total. The van der Waals surface area contributed by atoms with Crippen molar-refractivity contribution in [1.29, 1.82) is 5.26 Å². The monoisotopic (exact) mass is 153 g/mol. The summed E-state index contributed by atoms with van der Waals surface area (Å²) in [7, 11) is 1.55. The van der Waals surface area contributed by atoms with Gasteiger partial charge in [-0.2, -0.15) is 5.26 Å². The van der Waals surface area contributed by atoms with Gasteiger partial charge in [0.1, 0.15) is 5.78 Å². The van der Waals surface area contributed by atoms with Gasteiger partial charge in [0.25, 0.3) is 0 Å². The van der Waals surface area contributed by atoms with Crippen LogP contribution in [0.2, 0.25) is 0 Å². The minimum absolute atomic E-state index is 0.0855. The third-order valence-corrected chi connectivity index (χ3v) is 2.08. The molecule has 0 unspecified atom stereocenters. The minimum atomic E-state index is -0.166. The van der Waals surface area contributed by atoms with Crippen LogP contribution in [0.3, 0.4) is 0 Å². The molecular formula is C8H11NO2. The van der Waals surface area contributed by atoms with E-state index < -0.39 is 0 Å². The van der Waals surface area contributed by atoms with Gasteiger partial charge >= 0.3 is 0 Å². The summed E-state index contributed by atoms with van der Waals surface area (Å²) in [6.45, 7) is 0. The van der Waals surface area contributed by atoms with Crippen LogP contribution in [0, 0.1) is 17.2 Å². The summed E-state index contributed by atoms with van der Waals surface area (Å²) in [6.07, 6.45) is 1.45. The number of Topliss-reactive ketones (excluding diaryl/α,β-unsaturated/α-hetero) is 1. The van der Waals surface area contributed by atoms with Gasteiger partial charge in [0, 0.05) is 20.0 Å². The average molecular weight is 153 g/mol. The van der Waals surface area contributed by atoms with Gasteiger partial charge in [0.05, 0.1) is 18.1 Å². The summed E-state index contributed by atoms with van der Waals surface area (Å²) in [6, 6.07) is 2.15. The number of nitrogens with zero attached hydrogens (tertiary/aromatic N) is 1. The van der Waals surface area contributed by atoms with E-state index in [4.69, 9.17) is 10.00 Å². The molecule has 0 amide bonds. The van der Waals surface area contributed by atoms with E-state index in [0.29, 0.717) is 19.3 Å². The molecule has 0 radical (unpaired) electrons. The van der Waals surface area contributed by atoms with Gasteiger partial charge < -0.3 is 4.74 Å². The summed E-state index contributed by atoms with van der Waals surface area (Å²) in [5.74, 6) is 0.126. The highest BCUT2D eigenvalue weighted by Gasteiger charge is 2.28. The van der Waals surface area contributed by atoms with Crippen molar-refractivity contribution in [2.24, 2.45) is 5.92 Å². The first-order valence-corrected chi connectivity index (χ1v) is 3.72. The van der Waals surface area contributed by atoms with Gasteiger partial charge in [0.2, 0.25) is 0 Å². The van der Waals surface area contributed by atoms with Crippen molar-refractivity contribution < 1.29 is 9.53 Å². The minimum Gasteiger partial charge on any atom is -0.380 e. The van der Waals surface area contributed by atoms with Gasteiger partial charge in [-0.1, -0.05) is 0 Å². The van der Waals surface area contributed by atoms with Crippen LogP contribution in [0.5, 0.6) is 0 Å². The summed E-state index contributed by atoms with van der Waals surface area (Å²) in [4.78, 5) is 10.9. The van der Waals surface area contributed by atoms with Crippen molar-refractivity contribution >= 4 is 5.78 Å². The predicted octanol–water partition coefficient (Wildman–Crippen LogP) is 0.894.